The van der Waals surface area contributed by atoms with E-state index < -0.39 is 6.10 Å². The molecule has 0 bridgehead atoms. The highest BCUT2D eigenvalue weighted by molar-refractivity contribution is 5.71. The van der Waals surface area contributed by atoms with Crippen molar-refractivity contribution in [1.29, 1.82) is 0 Å². The fourth-order valence-electron chi connectivity index (χ4n) is 7.90. The first-order valence-electron chi connectivity index (χ1n) is 30.2. The summed E-state index contributed by atoms with van der Waals surface area (Å²) in [4.78, 5) is 38.3. The van der Waals surface area contributed by atoms with Gasteiger partial charge in [0.25, 0.3) is 0 Å². The molecular formula is C68H110O6. The third kappa shape index (κ3) is 58.4. The standard InChI is InChI=1S/C68H110O6/c1-4-7-10-13-16-19-22-25-28-31-33-34-35-38-40-43-46-49-52-55-58-61-67(70)73-64-65(63-72-66(69)60-57-54-51-48-45-42-39-36-30-27-24-21-18-15-12-9-6-3)74-68(71)62-59-56-53-50-47-44-41-37-32-29-26-23-20-17-14-11-8-5-2/h7,9-10,12,16,18-21,23,25,27-30,32-34,38,40,46,49,65H,4-6,8,11,13-15,17,22,24,26,31,35-37,39,41-45,47-48,50-64H2,1-3H3/b10-7-,12-9-,19-16-,21-18-,23-20-,28-25-,30-27-,32-29-,34-33-,40-38-,49-46-. The van der Waals surface area contributed by atoms with E-state index in [4.69, 9.17) is 14.2 Å². The van der Waals surface area contributed by atoms with Gasteiger partial charge in [-0.2, -0.15) is 0 Å². The van der Waals surface area contributed by atoms with E-state index in [-0.39, 0.29) is 31.1 Å². The predicted octanol–water partition coefficient (Wildman–Crippen LogP) is 20.6. The molecular weight excluding hydrogens is 913 g/mol. The van der Waals surface area contributed by atoms with E-state index in [9.17, 15) is 14.4 Å². The van der Waals surface area contributed by atoms with Gasteiger partial charge in [-0.25, -0.2) is 0 Å². The molecule has 418 valence electrons. The minimum absolute atomic E-state index is 0.105. The maximum absolute atomic E-state index is 12.9. The third-order valence-electron chi connectivity index (χ3n) is 12.4. The molecule has 6 heteroatoms. The second kappa shape index (κ2) is 61.1. The highest BCUT2D eigenvalue weighted by atomic mass is 16.6. The van der Waals surface area contributed by atoms with Crippen LogP contribution in [0, 0.1) is 0 Å². The lowest BCUT2D eigenvalue weighted by atomic mass is 10.1. The summed E-state index contributed by atoms with van der Waals surface area (Å²) in [5.41, 5.74) is 0. The zero-order valence-electron chi connectivity index (χ0n) is 47.8. The van der Waals surface area contributed by atoms with Crippen LogP contribution in [0.3, 0.4) is 0 Å². The summed E-state index contributed by atoms with van der Waals surface area (Å²) in [5.74, 6) is -0.967. The number of rotatable bonds is 53. The van der Waals surface area contributed by atoms with Crippen molar-refractivity contribution < 1.29 is 28.6 Å². The molecule has 0 heterocycles. The maximum Gasteiger partial charge on any atom is 0.306 e. The Balaban J connectivity index is 4.52. The highest BCUT2D eigenvalue weighted by Crippen LogP contribution is 2.14. The highest BCUT2D eigenvalue weighted by Gasteiger charge is 2.19. The van der Waals surface area contributed by atoms with E-state index in [2.05, 4.69) is 154 Å². The summed E-state index contributed by atoms with van der Waals surface area (Å²) >= 11 is 0. The van der Waals surface area contributed by atoms with Gasteiger partial charge in [-0.05, 0) is 135 Å². The van der Waals surface area contributed by atoms with Gasteiger partial charge in [-0.15, -0.1) is 0 Å². The Labute approximate surface area is 455 Å². The normalized spacial score (nSPS) is 13.1. The molecule has 0 amide bonds. The van der Waals surface area contributed by atoms with Crippen LogP contribution < -0.4 is 0 Å². The summed E-state index contributed by atoms with van der Waals surface area (Å²) in [6, 6.07) is 0. The molecule has 1 atom stereocenters. The molecule has 1 unspecified atom stereocenters. The van der Waals surface area contributed by atoms with Crippen LogP contribution in [0.4, 0.5) is 0 Å². The topological polar surface area (TPSA) is 78.9 Å². The van der Waals surface area contributed by atoms with E-state index in [0.717, 1.165) is 128 Å². The van der Waals surface area contributed by atoms with Crippen molar-refractivity contribution in [1.82, 2.24) is 0 Å². The number of hydrogen-bond acceptors (Lipinski definition) is 6. The summed E-state index contributed by atoms with van der Waals surface area (Å²) in [6.45, 7) is 6.35. The van der Waals surface area contributed by atoms with Crippen LogP contribution >= 0.6 is 0 Å². The Hall–Kier alpha value is -4.45. The van der Waals surface area contributed by atoms with Crippen molar-refractivity contribution in [3.8, 4) is 0 Å². The van der Waals surface area contributed by atoms with E-state index >= 15 is 0 Å². The second-order valence-electron chi connectivity index (χ2n) is 19.5. The Kier molecular flexibility index (Phi) is 57.4. The minimum Gasteiger partial charge on any atom is -0.462 e. The molecule has 0 saturated heterocycles. The van der Waals surface area contributed by atoms with Crippen molar-refractivity contribution in [2.75, 3.05) is 13.2 Å². The van der Waals surface area contributed by atoms with E-state index in [1.165, 1.54) is 83.5 Å². The van der Waals surface area contributed by atoms with Crippen LogP contribution in [0.15, 0.2) is 134 Å². The fraction of sp³-hybridized carbons (Fsp3) is 0.632. The fourth-order valence-corrected chi connectivity index (χ4v) is 7.90. The average molecular weight is 1020 g/mol. The lowest BCUT2D eigenvalue weighted by Gasteiger charge is -2.18. The third-order valence-corrected chi connectivity index (χ3v) is 12.4. The smallest absolute Gasteiger partial charge is 0.306 e. The Bertz CT molecular complexity index is 1600. The number of hydrogen-bond donors (Lipinski definition) is 0. The van der Waals surface area contributed by atoms with Crippen molar-refractivity contribution in [3.05, 3.63) is 134 Å². The van der Waals surface area contributed by atoms with Crippen molar-refractivity contribution >= 4 is 17.9 Å². The molecule has 0 aromatic carbocycles. The minimum atomic E-state index is -0.811. The maximum atomic E-state index is 12.9. The van der Waals surface area contributed by atoms with E-state index in [0.29, 0.717) is 25.7 Å². The van der Waals surface area contributed by atoms with Crippen molar-refractivity contribution in [2.45, 2.75) is 264 Å². The number of carbonyl (C=O) groups is 3. The average Bonchev–Trinajstić information content (AvgIpc) is 3.40. The first kappa shape index (κ1) is 69.5. The number of esters is 3. The summed E-state index contributed by atoms with van der Waals surface area (Å²) < 4.78 is 16.9. The van der Waals surface area contributed by atoms with Crippen LogP contribution in [0.25, 0.3) is 0 Å². The van der Waals surface area contributed by atoms with Crippen LogP contribution in [0.5, 0.6) is 0 Å². The summed E-state index contributed by atoms with van der Waals surface area (Å²) in [6.07, 6.45) is 85.8. The van der Waals surface area contributed by atoms with Gasteiger partial charge in [-0.3, -0.25) is 14.4 Å². The Morgan fingerprint density at radius 2 is 0.527 bits per heavy atom. The molecule has 0 aliphatic rings. The monoisotopic (exact) mass is 1020 g/mol. The van der Waals surface area contributed by atoms with Crippen LogP contribution in [0.2, 0.25) is 0 Å². The van der Waals surface area contributed by atoms with Gasteiger partial charge in [0.15, 0.2) is 6.10 Å². The molecule has 74 heavy (non-hydrogen) atoms. The van der Waals surface area contributed by atoms with Crippen molar-refractivity contribution in [3.63, 3.8) is 0 Å². The first-order chi connectivity index (χ1) is 36.5. The number of unbranched alkanes of at least 4 members (excludes halogenated alkanes) is 20. The van der Waals surface area contributed by atoms with Gasteiger partial charge in [0.2, 0.25) is 0 Å². The Morgan fingerprint density at radius 1 is 0.284 bits per heavy atom. The first-order valence-corrected chi connectivity index (χ1v) is 30.2. The summed E-state index contributed by atoms with van der Waals surface area (Å²) in [7, 11) is 0. The molecule has 0 aliphatic carbocycles. The Morgan fingerprint density at radius 3 is 0.851 bits per heavy atom. The zero-order chi connectivity index (χ0) is 53.6. The van der Waals surface area contributed by atoms with Crippen molar-refractivity contribution in [2.24, 2.45) is 0 Å². The van der Waals surface area contributed by atoms with E-state index in [1.807, 2.05) is 0 Å². The quantitative estimate of drug-likeness (QED) is 0.0261. The lowest BCUT2D eigenvalue weighted by molar-refractivity contribution is -0.167. The second-order valence-corrected chi connectivity index (χ2v) is 19.5. The molecule has 0 radical (unpaired) electrons. The van der Waals surface area contributed by atoms with E-state index in [1.54, 1.807) is 0 Å². The van der Waals surface area contributed by atoms with Gasteiger partial charge >= 0.3 is 17.9 Å². The van der Waals surface area contributed by atoms with Crippen LogP contribution in [0.1, 0.15) is 258 Å². The molecule has 0 spiro atoms. The number of allylic oxidation sites excluding steroid dienone is 22. The molecule has 0 saturated carbocycles. The summed E-state index contributed by atoms with van der Waals surface area (Å²) in [5, 5.41) is 0. The molecule has 0 aliphatic heterocycles. The zero-order valence-corrected chi connectivity index (χ0v) is 47.8. The van der Waals surface area contributed by atoms with Gasteiger partial charge in [0.05, 0.1) is 0 Å². The van der Waals surface area contributed by atoms with Gasteiger partial charge in [0.1, 0.15) is 13.2 Å². The molecule has 0 fully saturated rings. The molecule has 6 nitrogen and oxygen atoms in total. The molecule has 0 aromatic rings. The van der Waals surface area contributed by atoms with Gasteiger partial charge in [0, 0.05) is 19.3 Å². The van der Waals surface area contributed by atoms with Crippen LogP contribution in [-0.4, -0.2) is 37.2 Å². The molecule has 0 N–H and O–H groups in total. The van der Waals surface area contributed by atoms with Crippen LogP contribution in [-0.2, 0) is 28.6 Å². The SMILES string of the molecule is CC/C=C\C/C=C\C/C=C\C/C=C\C/C=C\C/C=C\CCCCC(=O)OCC(COC(=O)CCCCCCCCC/C=C\C/C=C\C/C=C\CC)OC(=O)CCCCCCCCC/C=C\C/C=C\CCCCCC. The number of carbonyl (C=O) groups excluding carboxylic acids is 3. The number of ether oxygens (including phenoxy) is 3. The lowest BCUT2D eigenvalue weighted by Crippen LogP contribution is -2.30. The molecule has 0 aromatic heterocycles. The van der Waals surface area contributed by atoms with Gasteiger partial charge in [-0.1, -0.05) is 238 Å². The molecule has 0 rings (SSSR count). The largest absolute Gasteiger partial charge is 0.462 e. The van der Waals surface area contributed by atoms with Gasteiger partial charge < -0.3 is 14.2 Å². The predicted molar refractivity (Wildman–Crippen MR) is 320 cm³/mol.